The predicted molar refractivity (Wildman–Crippen MR) is 137 cm³/mol. The molecule has 2 N–H and O–H groups in total. The Morgan fingerprint density at radius 1 is 1.06 bits per heavy atom. The van der Waals surface area contributed by atoms with Gasteiger partial charge in [-0.05, 0) is 34.4 Å². The first-order valence-electron chi connectivity index (χ1n) is 11.8. The van der Waals surface area contributed by atoms with Crippen molar-refractivity contribution in [2.24, 2.45) is 22.1 Å². The fourth-order valence-corrected chi connectivity index (χ4v) is 4.71. The summed E-state index contributed by atoms with van der Waals surface area (Å²) >= 11 is 0. The van der Waals surface area contributed by atoms with Gasteiger partial charge in [-0.1, -0.05) is 96.5 Å². The van der Waals surface area contributed by atoms with Crippen LogP contribution in [0.2, 0.25) is 0 Å². The van der Waals surface area contributed by atoms with Gasteiger partial charge >= 0.3 is 0 Å². The summed E-state index contributed by atoms with van der Waals surface area (Å²) in [5.41, 5.74) is 10.4. The van der Waals surface area contributed by atoms with Gasteiger partial charge < -0.3 is 10.6 Å². The van der Waals surface area contributed by atoms with Crippen molar-refractivity contribution < 1.29 is 4.79 Å². The number of unbranched alkanes of at least 4 members (excludes halogenated alkanes) is 1. The van der Waals surface area contributed by atoms with E-state index in [1.54, 1.807) is 7.05 Å². The number of benzene rings is 2. The van der Waals surface area contributed by atoms with Crippen molar-refractivity contribution in [2.75, 3.05) is 7.05 Å². The molecule has 0 heterocycles. The van der Waals surface area contributed by atoms with Crippen LogP contribution in [0.3, 0.4) is 0 Å². The van der Waals surface area contributed by atoms with Gasteiger partial charge in [0.1, 0.15) is 5.84 Å². The maximum Gasteiger partial charge on any atom is 0.223 e. The molecule has 0 aliphatic carbocycles. The number of nitrogens with two attached hydrogens (primary N) is 1. The summed E-state index contributed by atoms with van der Waals surface area (Å²) in [7, 11) is 1.71. The van der Waals surface area contributed by atoms with Gasteiger partial charge in [0, 0.05) is 31.6 Å². The highest BCUT2D eigenvalue weighted by molar-refractivity contribution is 6.03. The normalized spacial score (nSPS) is 13.3. The van der Waals surface area contributed by atoms with Gasteiger partial charge in [-0.15, -0.1) is 0 Å². The standard InChI is InChI=1S/C28H41N3O/c1-8-9-14-25(32)31(26(20(2)3)28(4,5)6)19-21-15-17-22(18-16-21)23-12-10-11-13-24(23)27(29)30-7/h10-13,15-18,20,26H,8-9,14,19H2,1-7H3,(H2,29,30). The van der Waals surface area contributed by atoms with Gasteiger partial charge in [0.25, 0.3) is 0 Å². The third kappa shape index (κ3) is 6.44. The first kappa shape index (κ1) is 25.6. The summed E-state index contributed by atoms with van der Waals surface area (Å²) in [6.07, 6.45) is 2.57. The van der Waals surface area contributed by atoms with E-state index in [1.807, 2.05) is 18.2 Å². The lowest BCUT2D eigenvalue weighted by Crippen LogP contribution is -2.49. The van der Waals surface area contributed by atoms with Crippen LogP contribution in [0.25, 0.3) is 11.1 Å². The summed E-state index contributed by atoms with van der Waals surface area (Å²) < 4.78 is 0. The number of carbonyl (C=O) groups is 1. The van der Waals surface area contributed by atoms with Gasteiger partial charge in [0.2, 0.25) is 5.91 Å². The van der Waals surface area contributed by atoms with Crippen LogP contribution in [0.15, 0.2) is 53.5 Å². The van der Waals surface area contributed by atoms with Gasteiger partial charge in [0.05, 0.1) is 0 Å². The SMILES string of the molecule is CCCCC(=O)N(Cc1ccc(-c2ccccc2C(N)=NC)cc1)C(C(C)C)C(C)(C)C. The van der Waals surface area contributed by atoms with E-state index < -0.39 is 0 Å². The Morgan fingerprint density at radius 2 is 1.69 bits per heavy atom. The van der Waals surface area contributed by atoms with E-state index >= 15 is 0 Å². The number of amides is 1. The zero-order valence-electron chi connectivity index (χ0n) is 21.0. The van der Waals surface area contributed by atoms with Gasteiger partial charge in [-0.25, -0.2) is 0 Å². The van der Waals surface area contributed by atoms with Gasteiger partial charge in [0.15, 0.2) is 0 Å². The molecule has 2 aromatic carbocycles. The molecule has 0 radical (unpaired) electrons. The van der Waals surface area contributed by atoms with Crippen LogP contribution in [-0.2, 0) is 11.3 Å². The number of nitrogens with zero attached hydrogens (tertiary/aromatic N) is 2. The lowest BCUT2D eigenvalue weighted by atomic mass is 9.78. The molecule has 4 nitrogen and oxygen atoms in total. The van der Waals surface area contributed by atoms with Crippen LogP contribution in [0.5, 0.6) is 0 Å². The predicted octanol–water partition coefficient (Wildman–Crippen LogP) is 6.28. The minimum absolute atomic E-state index is 0.00589. The highest BCUT2D eigenvalue weighted by Crippen LogP contribution is 2.32. The molecule has 1 amide bonds. The molecular formula is C28H41N3O. The smallest absolute Gasteiger partial charge is 0.223 e. The molecule has 2 rings (SSSR count). The lowest BCUT2D eigenvalue weighted by Gasteiger charge is -2.43. The first-order chi connectivity index (χ1) is 15.1. The minimum atomic E-state index is 0.00589. The molecule has 2 aromatic rings. The second kappa shape index (κ2) is 11.3. The van der Waals surface area contributed by atoms with Crippen molar-refractivity contribution in [2.45, 2.75) is 73.4 Å². The molecule has 1 atom stereocenters. The average molecular weight is 436 g/mol. The number of carbonyl (C=O) groups excluding carboxylic acids is 1. The van der Waals surface area contributed by atoms with E-state index in [-0.39, 0.29) is 17.4 Å². The number of hydrogen-bond acceptors (Lipinski definition) is 2. The molecular weight excluding hydrogens is 394 g/mol. The van der Waals surface area contributed by atoms with Crippen LogP contribution in [0.4, 0.5) is 0 Å². The molecule has 0 aliphatic heterocycles. The minimum Gasteiger partial charge on any atom is -0.383 e. The van der Waals surface area contributed by atoms with Crippen LogP contribution in [-0.4, -0.2) is 29.7 Å². The molecule has 0 fully saturated rings. The fraction of sp³-hybridized carbons (Fsp3) is 0.500. The Bertz CT molecular complexity index is 907. The van der Waals surface area contributed by atoms with Crippen LogP contribution in [0.1, 0.15) is 71.9 Å². The van der Waals surface area contributed by atoms with Gasteiger partial charge in [-0.2, -0.15) is 0 Å². The summed E-state index contributed by atoms with van der Waals surface area (Å²) in [6.45, 7) is 13.9. The molecule has 0 bridgehead atoms. The Balaban J connectivity index is 2.36. The summed E-state index contributed by atoms with van der Waals surface area (Å²) in [5, 5.41) is 0. The monoisotopic (exact) mass is 435 g/mol. The quantitative estimate of drug-likeness (QED) is 0.372. The van der Waals surface area contributed by atoms with Crippen molar-refractivity contribution in [1.29, 1.82) is 0 Å². The van der Waals surface area contributed by atoms with Crippen molar-refractivity contribution in [3.8, 4) is 11.1 Å². The van der Waals surface area contributed by atoms with Crippen molar-refractivity contribution in [1.82, 2.24) is 4.90 Å². The van der Waals surface area contributed by atoms with Crippen molar-refractivity contribution in [3.63, 3.8) is 0 Å². The molecule has 174 valence electrons. The lowest BCUT2D eigenvalue weighted by molar-refractivity contribution is -0.138. The molecule has 1 unspecified atom stereocenters. The Kier molecular flexibility index (Phi) is 9.06. The van der Waals surface area contributed by atoms with E-state index in [4.69, 9.17) is 5.73 Å². The number of rotatable bonds is 9. The average Bonchev–Trinajstić information content (AvgIpc) is 2.75. The molecule has 0 saturated heterocycles. The molecule has 0 aromatic heterocycles. The molecule has 0 saturated carbocycles. The van der Waals surface area contributed by atoms with Crippen LogP contribution in [0, 0.1) is 11.3 Å². The number of amidine groups is 1. The number of hydrogen-bond donors (Lipinski definition) is 1. The third-order valence-corrected chi connectivity index (χ3v) is 5.98. The zero-order chi connectivity index (χ0) is 23.9. The molecule has 0 aliphatic rings. The van der Waals surface area contributed by atoms with Crippen molar-refractivity contribution >= 4 is 11.7 Å². The van der Waals surface area contributed by atoms with E-state index in [1.165, 1.54) is 0 Å². The molecule has 4 heteroatoms. The zero-order valence-corrected chi connectivity index (χ0v) is 21.0. The van der Waals surface area contributed by atoms with Crippen LogP contribution >= 0.6 is 0 Å². The van der Waals surface area contributed by atoms with Crippen LogP contribution < -0.4 is 5.73 Å². The highest BCUT2D eigenvalue weighted by atomic mass is 16.2. The Labute approximate surface area is 194 Å². The Hall–Kier alpha value is -2.62. The topological polar surface area (TPSA) is 58.7 Å². The first-order valence-corrected chi connectivity index (χ1v) is 11.8. The second-order valence-electron chi connectivity index (χ2n) is 10.0. The van der Waals surface area contributed by atoms with E-state index in [0.717, 1.165) is 35.1 Å². The third-order valence-electron chi connectivity index (χ3n) is 5.98. The Morgan fingerprint density at radius 3 is 2.22 bits per heavy atom. The second-order valence-corrected chi connectivity index (χ2v) is 10.0. The highest BCUT2D eigenvalue weighted by Gasteiger charge is 2.35. The largest absolute Gasteiger partial charge is 0.383 e. The van der Waals surface area contributed by atoms with Crippen molar-refractivity contribution in [3.05, 3.63) is 59.7 Å². The van der Waals surface area contributed by atoms with E-state index in [9.17, 15) is 4.79 Å². The van der Waals surface area contributed by atoms with E-state index in [0.29, 0.717) is 24.7 Å². The molecule has 32 heavy (non-hydrogen) atoms. The molecule has 0 spiro atoms. The maximum atomic E-state index is 13.2. The fourth-order valence-electron chi connectivity index (χ4n) is 4.71. The summed E-state index contributed by atoms with van der Waals surface area (Å²) in [5.74, 6) is 1.16. The van der Waals surface area contributed by atoms with E-state index in [2.05, 4.69) is 81.8 Å². The summed E-state index contributed by atoms with van der Waals surface area (Å²) in [6, 6.07) is 16.7. The number of aliphatic imine (C=N–C) groups is 1. The maximum absolute atomic E-state index is 13.2. The summed E-state index contributed by atoms with van der Waals surface area (Å²) in [4.78, 5) is 19.5. The van der Waals surface area contributed by atoms with Gasteiger partial charge in [-0.3, -0.25) is 9.79 Å².